The second-order valence-electron chi connectivity index (χ2n) is 6.73. The van der Waals surface area contributed by atoms with E-state index in [1.807, 2.05) is 26.8 Å². The minimum atomic E-state index is -0.216. The van der Waals surface area contributed by atoms with Crippen molar-refractivity contribution in [1.82, 2.24) is 14.5 Å². The molecule has 3 rings (SSSR count). The van der Waals surface area contributed by atoms with Crippen LogP contribution >= 0.6 is 23.4 Å². The van der Waals surface area contributed by atoms with Crippen molar-refractivity contribution >= 4 is 46.0 Å². The summed E-state index contributed by atoms with van der Waals surface area (Å²) in [7, 11) is 1.53. The summed E-state index contributed by atoms with van der Waals surface area (Å²) in [6.45, 7) is 5.86. The van der Waals surface area contributed by atoms with Crippen molar-refractivity contribution in [2.45, 2.75) is 38.4 Å². The monoisotopic (exact) mass is 434 g/mol. The summed E-state index contributed by atoms with van der Waals surface area (Å²) in [5.41, 5.74) is 2.42. The van der Waals surface area contributed by atoms with Gasteiger partial charge in [0.1, 0.15) is 11.3 Å². The number of carbonyl (C=O) groups is 1. The van der Waals surface area contributed by atoms with Gasteiger partial charge in [0.2, 0.25) is 5.91 Å². The number of nitrogens with zero attached hydrogens (tertiary/aromatic N) is 2. The molecule has 2 heterocycles. The SMILES string of the molecule is CC[C@@H](C)n1c(SCC(=O)Nc2ccc(OC)c(Cl)c2)nc2cc(C)[nH]c2c1=O. The first-order valence-electron chi connectivity index (χ1n) is 9.22. The number of halogens is 1. The fraction of sp³-hybridized carbons (Fsp3) is 0.350. The summed E-state index contributed by atoms with van der Waals surface area (Å²) in [5, 5.41) is 3.74. The highest BCUT2D eigenvalue weighted by Crippen LogP contribution is 2.28. The number of methoxy groups -OCH3 is 1. The molecule has 9 heteroatoms. The third kappa shape index (κ3) is 4.59. The first-order chi connectivity index (χ1) is 13.8. The number of nitrogens with one attached hydrogen (secondary N) is 2. The number of aromatic nitrogens is 3. The molecule has 2 aromatic heterocycles. The van der Waals surface area contributed by atoms with Crippen molar-refractivity contribution < 1.29 is 9.53 Å². The molecule has 0 saturated heterocycles. The second kappa shape index (κ2) is 8.92. The topological polar surface area (TPSA) is 89.0 Å². The second-order valence-corrected chi connectivity index (χ2v) is 8.08. The number of anilines is 1. The van der Waals surface area contributed by atoms with Crippen LogP contribution in [0.1, 0.15) is 32.0 Å². The van der Waals surface area contributed by atoms with Crippen LogP contribution in [0.25, 0.3) is 11.0 Å². The summed E-state index contributed by atoms with van der Waals surface area (Å²) < 4.78 is 6.77. The van der Waals surface area contributed by atoms with Crippen LogP contribution in [-0.4, -0.2) is 33.3 Å². The van der Waals surface area contributed by atoms with Gasteiger partial charge in [0.05, 0.1) is 23.4 Å². The van der Waals surface area contributed by atoms with E-state index in [-0.39, 0.29) is 23.3 Å². The van der Waals surface area contributed by atoms with Crippen LogP contribution < -0.4 is 15.6 Å². The Hall–Kier alpha value is -2.45. The van der Waals surface area contributed by atoms with E-state index in [2.05, 4.69) is 15.3 Å². The van der Waals surface area contributed by atoms with Gasteiger partial charge in [0.15, 0.2) is 5.16 Å². The van der Waals surface area contributed by atoms with Crippen LogP contribution in [0.15, 0.2) is 34.2 Å². The Labute approximate surface area is 177 Å². The van der Waals surface area contributed by atoms with E-state index in [0.29, 0.717) is 32.6 Å². The molecule has 0 unspecified atom stereocenters. The highest BCUT2D eigenvalue weighted by atomic mass is 35.5. The molecule has 1 aromatic carbocycles. The Morgan fingerprint density at radius 2 is 2.17 bits per heavy atom. The maximum atomic E-state index is 12.9. The van der Waals surface area contributed by atoms with Crippen molar-refractivity contribution in [3.63, 3.8) is 0 Å². The fourth-order valence-electron chi connectivity index (χ4n) is 2.93. The van der Waals surface area contributed by atoms with Gasteiger partial charge in [-0.05, 0) is 44.5 Å². The number of amides is 1. The molecule has 0 aliphatic rings. The third-order valence-corrected chi connectivity index (χ3v) is 5.83. The van der Waals surface area contributed by atoms with Crippen molar-refractivity contribution in [2.75, 3.05) is 18.2 Å². The number of rotatable bonds is 7. The molecular weight excluding hydrogens is 412 g/mol. The average molecular weight is 435 g/mol. The zero-order valence-electron chi connectivity index (χ0n) is 16.7. The lowest BCUT2D eigenvalue weighted by molar-refractivity contribution is -0.113. The molecule has 0 aliphatic carbocycles. The Morgan fingerprint density at radius 3 is 2.83 bits per heavy atom. The molecule has 0 saturated carbocycles. The van der Waals surface area contributed by atoms with Crippen LogP contribution in [0.3, 0.4) is 0 Å². The average Bonchev–Trinajstić information content (AvgIpc) is 3.06. The molecule has 154 valence electrons. The summed E-state index contributed by atoms with van der Waals surface area (Å²) in [5.74, 6) is 0.434. The first kappa shape index (κ1) is 21.3. The number of thioether (sulfide) groups is 1. The Morgan fingerprint density at radius 1 is 1.41 bits per heavy atom. The van der Waals surface area contributed by atoms with E-state index < -0.39 is 0 Å². The molecule has 0 spiro atoms. The number of aryl methyl sites for hydroxylation is 1. The van der Waals surface area contributed by atoms with Crippen LogP contribution in [0.2, 0.25) is 5.02 Å². The van der Waals surface area contributed by atoms with E-state index in [0.717, 1.165) is 12.1 Å². The Bertz CT molecular complexity index is 1110. The van der Waals surface area contributed by atoms with Crippen molar-refractivity contribution in [2.24, 2.45) is 0 Å². The van der Waals surface area contributed by atoms with E-state index >= 15 is 0 Å². The Balaban J connectivity index is 1.81. The zero-order chi connectivity index (χ0) is 21.1. The zero-order valence-corrected chi connectivity index (χ0v) is 18.3. The molecular formula is C20H23ClN4O3S. The van der Waals surface area contributed by atoms with Gasteiger partial charge in [0, 0.05) is 17.4 Å². The highest BCUT2D eigenvalue weighted by Gasteiger charge is 2.18. The lowest BCUT2D eigenvalue weighted by Crippen LogP contribution is -2.26. The number of ether oxygens (including phenoxy) is 1. The normalized spacial score (nSPS) is 12.2. The van der Waals surface area contributed by atoms with Crippen LogP contribution in [-0.2, 0) is 4.79 Å². The molecule has 7 nitrogen and oxygen atoms in total. The van der Waals surface area contributed by atoms with Gasteiger partial charge < -0.3 is 15.0 Å². The van der Waals surface area contributed by atoms with Crippen LogP contribution in [0.4, 0.5) is 5.69 Å². The van der Waals surface area contributed by atoms with Gasteiger partial charge in [-0.1, -0.05) is 30.3 Å². The molecule has 0 fully saturated rings. The number of hydrogen-bond donors (Lipinski definition) is 2. The van der Waals surface area contributed by atoms with E-state index in [4.69, 9.17) is 16.3 Å². The highest BCUT2D eigenvalue weighted by molar-refractivity contribution is 7.99. The summed E-state index contributed by atoms with van der Waals surface area (Å²) in [4.78, 5) is 33.1. The molecule has 0 radical (unpaired) electrons. The molecule has 2 N–H and O–H groups in total. The van der Waals surface area contributed by atoms with E-state index in [1.165, 1.54) is 18.9 Å². The quantitative estimate of drug-likeness (QED) is 0.425. The minimum Gasteiger partial charge on any atom is -0.495 e. The number of benzene rings is 1. The maximum Gasteiger partial charge on any atom is 0.278 e. The van der Waals surface area contributed by atoms with Gasteiger partial charge in [-0.2, -0.15) is 0 Å². The molecule has 1 atom stereocenters. The third-order valence-electron chi connectivity index (χ3n) is 4.59. The van der Waals surface area contributed by atoms with Crippen molar-refractivity contribution in [3.8, 4) is 5.75 Å². The maximum absolute atomic E-state index is 12.9. The lowest BCUT2D eigenvalue weighted by atomic mass is 10.2. The van der Waals surface area contributed by atoms with Gasteiger partial charge in [-0.15, -0.1) is 0 Å². The summed E-state index contributed by atoms with van der Waals surface area (Å²) in [6, 6.07) is 6.84. The predicted molar refractivity (Wildman–Crippen MR) is 117 cm³/mol. The number of H-pyrrole nitrogens is 1. The Kier molecular flexibility index (Phi) is 6.54. The molecule has 1 amide bonds. The number of aromatic amines is 1. The smallest absolute Gasteiger partial charge is 0.278 e. The number of hydrogen-bond acceptors (Lipinski definition) is 5. The van der Waals surface area contributed by atoms with Crippen LogP contribution in [0, 0.1) is 6.92 Å². The predicted octanol–water partition coefficient (Wildman–Crippen LogP) is 4.40. The van der Waals surface area contributed by atoms with Gasteiger partial charge in [-0.3, -0.25) is 14.2 Å². The van der Waals surface area contributed by atoms with Gasteiger partial charge >= 0.3 is 0 Å². The van der Waals surface area contributed by atoms with Crippen molar-refractivity contribution in [3.05, 3.63) is 45.3 Å². The first-order valence-corrected chi connectivity index (χ1v) is 10.6. The minimum absolute atomic E-state index is 0.0334. The van der Waals surface area contributed by atoms with Gasteiger partial charge in [0.25, 0.3) is 5.56 Å². The van der Waals surface area contributed by atoms with Gasteiger partial charge in [-0.25, -0.2) is 4.98 Å². The lowest BCUT2D eigenvalue weighted by Gasteiger charge is -2.17. The largest absolute Gasteiger partial charge is 0.495 e. The van der Waals surface area contributed by atoms with Crippen molar-refractivity contribution in [1.29, 1.82) is 0 Å². The molecule has 29 heavy (non-hydrogen) atoms. The summed E-state index contributed by atoms with van der Waals surface area (Å²) in [6.07, 6.45) is 0.775. The van der Waals surface area contributed by atoms with E-state index in [1.54, 1.807) is 22.8 Å². The fourth-order valence-corrected chi connectivity index (χ4v) is 4.09. The molecule has 0 aliphatic heterocycles. The van der Waals surface area contributed by atoms with E-state index in [9.17, 15) is 9.59 Å². The standard InChI is InChI=1S/C20H23ClN4O3S/c1-5-12(3)25-19(27)18-15(8-11(2)22-18)24-20(25)29-10-17(26)23-13-6-7-16(28-4)14(21)9-13/h6-9,12,22H,5,10H2,1-4H3,(H,23,26)/t12-/m1/s1. The number of fused-ring (bicyclic) bond motifs is 1. The molecule has 0 bridgehead atoms. The number of carbonyl (C=O) groups excluding carboxylic acids is 1. The molecule has 3 aromatic rings. The van der Waals surface area contributed by atoms with Crippen LogP contribution in [0.5, 0.6) is 5.75 Å². The summed E-state index contributed by atoms with van der Waals surface area (Å²) >= 11 is 7.34.